The normalized spacial score (nSPS) is 17.0. The molecular formula is C18H22FN3O. The number of nitrogens with zero attached hydrogens (tertiary/aromatic N) is 2. The maximum absolute atomic E-state index is 13.2. The number of hydrogen-bond acceptors (Lipinski definition) is 4. The van der Waals surface area contributed by atoms with Crippen molar-refractivity contribution in [3.05, 3.63) is 59.5 Å². The van der Waals surface area contributed by atoms with Crippen molar-refractivity contribution in [3.63, 3.8) is 0 Å². The van der Waals surface area contributed by atoms with Gasteiger partial charge < -0.3 is 10.1 Å². The minimum absolute atomic E-state index is 0.168. The van der Waals surface area contributed by atoms with E-state index in [1.807, 2.05) is 37.3 Å². The van der Waals surface area contributed by atoms with Gasteiger partial charge in [-0.1, -0.05) is 18.2 Å². The minimum atomic E-state index is -0.206. The molecule has 1 aromatic carbocycles. The SMILES string of the molecule is Cc1cccc(NCC(c2ccc(F)cc2)N2CCOCC2)n1. The number of pyridine rings is 1. The fourth-order valence-corrected chi connectivity index (χ4v) is 2.87. The molecule has 1 saturated heterocycles. The molecule has 0 amide bonds. The molecule has 1 aliphatic heterocycles. The predicted octanol–water partition coefficient (Wildman–Crippen LogP) is 3.01. The molecule has 0 bridgehead atoms. The van der Waals surface area contributed by atoms with Gasteiger partial charge in [0.15, 0.2) is 0 Å². The van der Waals surface area contributed by atoms with Crippen LogP contribution in [-0.2, 0) is 4.74 Å². The second kappa shape index (κ2) is 7.53. The molecule has 4 nitrogen and oxygen atoms in total. The summed E-state index contributed by atoms with van der Waals surface area (Å²) in [5.41, 5.74) is 2.09. The summed E-state index contributed by atoms with van der Waals surface area (Å²) in [4.78, 5) is 6.86. The Morgan fingerprint density at radius 2 is 1.91 bits per heavy atom. The Kier molecular flexibility index (Phi) is 5.20. The van der Waals surface area contributed by atoms with E-state index in [1.54, 1.807) is 0 Å². The first-order chi connectivity index (χ1) is 11.2. The number of aromatic nitrogens is 1. The first kappa shape index (κ1) is 15.9. The average Bonchev–Trinajstić information content (AvgIpc) is 2.58. The van der Waals surface area contributed by atoms with Gasteiger partial charge in [-0.05, 0) is 36.8 Å². The number of hydrogen-bond donors (Lipinski definition) is 1. The molecule has 0 radical (unpaired) electrons. The van der Waals surface area contributed by atoms with Crippen LogP contribution in [0.3, 0.4) is 0 Å². The molecule has 3 rings (SSSR count). The van der Waals surface area contributed by atoms with Gasteiger partial charge in [-0.25, -0.2) is 9.37 Å². The van der Waals surface area contributed by atoms with Crippen LogP contribution in [0.15, 0.2) is 42.5 Å². The molecule has 0 aliphatic carbocycles. The first-order valence-electron chi connectivity index (χ1n) is 7.97. The molecular weight excluding hydrogens is 293 g/mol. The highest BCUT2D eigenvalue weighted by atomic mass is 19.1. The molecule has 1 aliphatic rings. The summed E-state index contributed by atoms with van der Waals surface area (Å²) in [6.45, 7) is 5.93. The van der Waals surface area contributed by atoms with E-state index in [9.17, 15) is 4.39 Å². The van der Waals surface area contributed by atoms with Crippen molar-refractivity contribution in [2.45, 2.75) is 13.0 Å². The number of morpholine rings is 1. The quantitative estimate of drug-likeness (QED) is 0.920. The number of ether oxygens (including phenoxy) is 1. The van der Waals surface area contributed by atoms with Crippen LogP contribution >= 0.6 is 0 Å². The van der Waals surface area contributed by atoms with Gasteiger partial charge in [0.25, 0.3) is 0 Å². The number of halogens is 1. The van der Waals surface area contributed by atoms with Crippen LogP contribution in [-0.4, -0.2) is 42.7 Å². The zero-order chi connectivity index (χ0) is 16.1. The predicted molar refractivity (Wildman–Crippen MR) is 89.0 cm³/mol. The number of anilines is 1. The van der Waals surface area contributed by atoms with E-state index < -0.39 is 0 Å². The molecule has 2 aromatic rings. The van der Waals surface area contributed by atoms with Gasteiger partial charge in [0.1, 0.15) is 11.6 Å². The van der Waals surface area contributed by atoms with Crippen LogP contribution in [0.5, 0.6) is 0 Å². The van der Waals surface area contributed by atoms with Gasteiger partial charge in [0, 0.05) is 25.3 Å². The molecule has 1 fully saturated rings. The molecule has 1 unspecified atom stereocenters. The molecule has 23 heavy (non-hydrogen) atoms. The molecule has 0 saturated carbocycles. The molecule has 1 aromatic heterocycles. The third-order valence-electron chi connectivity index (χ3n) is 4.11. The van der Waals surface area contributed by atoms with Gasteiger partial charge >= 0.3 is 0 Å². The summed E-state index contributed by atoms with van der Waals surface area (Å²) in [6.07, 6.45) is 0. The van der Waals surface area contributed by atoms with Gasteiger partial charge in [-0.3, -0.25) is 4.90 Å². The lowest BCUT2D eigenvalue weighted by Gasteiger charge is -2.35. The highest BCUT2D eigenvalue weighted by Gasteiger charge is 2.22. The maximum Gasteiger partial charge on any atom is 0.126 e. The van der Waals surface area contributed by atoms with Crippen LogP contribution in [0.2, 0.25) is 0 Å². The van der Waals surface area contributed by atoms with Crippen molar-refractivity contribution in [2.75, 3.05) is 38.2 Å². The van der Waals surface area contributed by atoms with Crippen LogP contribution in [0.1, 0.15) is 17.3 Å². The van der Waals surface area contributed by atoms with Gasteiger partial charge in [-0.15, -0.1) is 0 Å². The lowest BCUT2D eigenvalue weighted by Crippen LogP contribution is -2.41. The molecule has 0 spiro atoms. The second-order valence-corrected chi connectivity index (χ2v) is 5.76. The summed E-state index contributed by atoms with van der Waals surface area (Å²) in [5, 5.41) is 3.41. The standard InChI is InChI=1S/C18H22FN3O/c1-14-3-2-4-18(21-14)20-13-17(22-9-11-23-12-10-22)15-5-7-16(19)8-6-15/h2-8,17H,9-13H2,1H3,(H,20,21). The van der Waals surface area contributed by atoms with Crippen LogP contribution in [0, 0.1) is 12.7 Å². The Morgan fingerprint density at radius 3 is 2.61 bits per heavy atom. The molecule has 2 heterocycles. The highest BCUT2D eigenvalue weighted by Crippen LogP contribution is 2.23. The van der Waals surface area contributed by atoms with Crippen LogP contribution in [0.4, 0.5) is 10.2 Å². The van der Waals surface area contributed by atoms with E-state index in [0.717, 1.165) is 49.9 Å². The fraction of sp³-hybridized carbons (Fsp3) is 0.389. The lowest BCUT2D eigenvalue weighted by atomic mass is 10.0. The Labute approximate surface area is 136 Å². The number of aryl methyl sites for hydroxylation is 1. The van der Waals surface area contributed by atoms with Crippen molar-refractivity contribution in [3.8, 4) is 0 Å². The highest BCUT2D eigenvalue weighted by molar-refractivity contribution is 5.36. The van der Waals surface area contributed by atoms with E-state index in [-0.39, 0.29) is 11.9 Å². The van der Waals surface area contributed by atoms with Crippen molar-refractivity contribution in [1.82, 2.24) is 9.88 Å². The third-order valence-corrected chi connectivity index (χ3v) is 4.11. The topological polar surface area (TPSA) is 37.4 Å². The Hall–Kier alpha value is -1.98. The summed E-state index contributed by atoms with van der Waals surface area (Å²) in [6, 6.07) is 12.9. The second-order valence-electron chi connectivity index (χ2n) is 5.76. The number of benzene rings is 1. The molecule has 1 atom stereocenters. The monoisotopic (exact) mass is 315 g/mol. The summed E-state index contributed by atoms with van der Waals surface area (Å²) in [7, 11) is 0. The smallest absolute Gasteiger partial charge is 0.126 e. The van der Waals surface area contributed by atoms with Gasteiger partial charge in [0.05, 0.1) is 19.3 Å². The average molecular weight is 315 g/mol. The van der Waals surface area contributed by atoms with Gasteiger partial charge in [0.2, 0.25) is 0 Å². The van der Waals surface area contributed by atoms with Gasteiger partial charge in [-0.2, -0.15) is 0 Å². The van der Waals surface area contributed by atoms with E-state index >= 15 is 0 Å². The molecule has 122 valence electrons. The number of rotatable bonds is 5. The zero-order valence-electron chi connectivity index (χ0n) is 13.3. The summed E-state index contributed by atoms with van der Waals surface area (Å²) >= 11 is 0. The van der Waals surface area contributed by atoms with Crippen molar-refractivity contribution < 1.29 is 9.13 Å². The largest absolute Gasteiger partial charge is 0.379 e. The Morgan fingerprint density at radius 1 is 1.17 bits per heavy atom. The zero-order valence-corrected chi connectivity index (χ0v) is 13.3. The number of nitrogens with one attached hydrogen (secondary N) is 1. The van der Waals surface area contributed by atoms with Crippen molar-refractivity contribution in [2.24, 2.45) is 0 Å². The van der Waals surface area contributed by atoms with Crippen molar-refractivity contribution in [1.29, 1.82) is 0 Å². The minimum Gasteiger partial charge on any atom is -0.379 e. The lowest BCUT2D eigenvalue weighted by molar-refractivity contribution is 0.0187. The summed E-state index contributed by atoms with van der Waals surface area (Å²) < 4.78 is 18.7. The van der Waals surface area contributed by atoms with Crippen molar-refractivity contribution >= 4 is 5.82 Å². The third kappa shape index (κ3) is 4.27. The van der Waals surface area contributed by atoms with E-state index in [0.29, 0.717) is 0 Å². The van der Waals surface area contributed by atoms with E-state index in [2.05, 4.69) is 15.2 Å². The maximum atomic E-state index is 13.2. The van der Waals surface area contributed by atoms with E-state index in [4.69, 9.17) is 4.74 Å². The Bertz CT molecular complexity index is 626. The van der Waals surface area contributed by atoms with Crippen LogP contribution in [0.25, 0.3) is 0 Å². The Balaban J connectivity index is 1.75. The fourth-order valence-electron chi connectivity index (χ4n) is 2.87. The van der Waals surface area contributed by atoms with Crippen LogP contribution < -0.4 is 5.32 Å². The molecule has 1 N–H and O–H groups in total. The van der Waals surface area contributed by atoms with E-state index in [1.165, 1.54) is 12.1 Å². The first-order valence-corrected chi connectivity index (χ1v) is 7.97. The molecule has 5 heteroatoms. The summed E-state index contributed by atoms with van der Waals surface area (Å²) in [5.74, 6) is 0.660.